The minimum atomic E-state index is -0.343. The summed E-state index contributed by atoms with van der Waals surface area (Å²) in [6, 6.07) is 8.43. The zero-order chi connectivity index (χ0) is 10.5. The summed E-state index contributed by atoms with van der Waals surface area (Å²) in [5, 5.41) is 10.5. The van der Waals surface area contributed by atoms with E-state index in [9.17, 15) is 5.11 Å². The molecule has 2 unspecified atom stereocenters. The Labute approximate surface area is 91.1 Å². The van der Waals surface area contributed by atoms with Crippen molar-refractivity contribution in [3.05, 3.63) is 35.4 Å². The number of aryl methyl sites for hydroxylation is 1. The van der Waals surface area contributed by atoms with Crippen molar-refractivity contribution in [1.82, 2.24) is 0 Å². The first-order chi connectivity index (χ1) is 7.22. The molecule has 1 nitrogen and oxygen atoms in total. The Hall–Kier alpha value is -0.820. The number of aliphatic hydroxyl groups is 1. The molecule has 2 fully saturated rings. The standard InChI is InChI=1S/C14H18O/c1-10-5-2-3-6-11(10)9-14(15)12-7-4-8-13(12)14/h2-3,5-6,12-13,15H,4,7-9H2,1H3. The van der Waals surface area contributed by atoms with Crippen molar-refractivity contribution in [2.45, 2.75) is 38.2 Å². The Bertz CT molecular complexity index is 373. The molecular formula is C14H18O. The Balaban J connectivity index is 1.79. The van der Waals surface area contributed by atoms with Crippen LogP contribution in [0.25, 0.3) is 0 Å². The first-order valence-corrected chi connectivity index (χ1v) is 5.99. The van der Waals surface area contributed by atoms with Crippen molar-refractivity contribution in [3.63, 3.8) is 0 Å². The molecule has 0 amide bonds. The molecule has 0 bridgehead atoms. The van der Waals surface area contributed by atoms with E-state index in [1.54, 1.807) is 0 Å². The summed E-state index contributed by atoms with van der Waals surface area (Å²) in [7, 11) is 0. The maximum absolute atomic E-state index is 10.5. The van der Waals surface area contributed by atoms with Gasteiger partial charge in [-0.15, -0.1) is 0 Å². The minimum absolute atomic E-state index is 0.343. The molecule has 0 aliphatic heterocycles. The van der Waals surface area contributed by atoms with Crippen LogP contribution in [0, 0.1) is 18.8 Å². The fraction of sp³-hybridized carbons (Fsp3) is 0.571. The lowest BCUT2D eigenvalue weighted by atomic mass is 9.96. The summed E-state index contributed by atoms with van der Waals surface area (Å²) in [6.07, 6.45) is 4.68. The van der Waals surface area contributed by atoms with E-state index in [-0.39, 0.29) is 5.60 Å². The van der Waals surface area contributed by atoms with Crippen molar-refractivity contribution < 1.29 is 5.11 Å². The number of rotatable bonds is 2. The Kier molecular flexibility index (Phi) is 1.93. The minimum Gasteiger partial charge on any atom is -0.389 e. The monoisotopic (exact) mass is 202 g/mol. The highest BCUT2D eigenvalue weighted by atomic mass is 16.3. The molecule has 80 valence electrons. The quantitative estimate of drug-likeness (QED) is 0.781. The van der Waals surface area contributed by atoms with E-state index in [0.717, 1.165) is 6.42 Å². The molecule has 1 aromatic carbocycles. The van der Waals surface area contributed by atoms with Gasteiger partial charge in [0.1, 0.15) is 0 Å². The molecule has 3 rings (SSSR count). The summed E-state index contributed by atoms with van der Waals surface area (Å²) < 4.78 is 0. The third kappa shape index (κ3) is 1.33. The lowest BCUT2D eigenvalue weighted by molar-refractivity contribution is 0.106. The summed E-state index contributed by atoms with van der Waals surface area (Å²) in [4.78, 5) is 0. The Morgan fingerprint density at radius 2 is 1.93 bits per heavy atom. The summed E-state index contributed by atoms with van der Waals surface area (Å²) in [5.41, 5.74) is 2.30. The van der Waals surface area contributed by atoms with E-state index >= 15 is 0 Å². The summed E-state index contributed by atoms with van der Waals surface area (Å²) in [6.45, 7) is 2.14. The van der Waals surface area contributed by atoms with Crippen LogP contribution in [0.2, 0.25) is 0 Å². The van der Waals surface area contributed by atoms with Crippen LogP contribution in [0.3, 0.4) is 0 Å². The molecule has 1 heteroatoms. The molecule has 0 aromatic heterocycles. The van der Waals surface area contributed by atoms with E-state index < -0.39 is 0 Å². The van der Waals surface area contributed by atoms with Gasteiger partial charge in [-0.25, -0.2) is 0 Å². The molecule has 2 atom stereocenters. The predicted octanol–water partition coefficient (Wildman–Crippen LogP) is 2.70. The zero-order valence-corrected chi connectivity index (χ0v) is 9.24. The van der Waals surface area contributed by atoms with Crippen LogP contribution in [-0.4, -0.2) is 10.7 Å². The van der Waals surface area contributed by atoms with E-state index in [0.29, 0.717) is 11.8 Å². The molecule has 2 saturated carbocycles. The van der Waals surface area contributed by atoms with Gasteiger partial charge in [0.25, 0.3) is 0 Å². The molecule has 1 aromatic rings. The van der Waals surface area contributed by atoms with Gasteiger partial charge in [-0.3, -0.25) is 0 Å². The summed E-state index contributed by atoms with van der Waals surface area (Å²) >= 11 is 0. The van der Waals surface area contributed by atoms with E-state index in [4.69, 9.17) is 0 Å². The smallest absolute Gasteiger partial charge is 0.0751 e. The van der Waals surface area contributed by atoms with Crippen LogP contribution in [-0.2, 0) is 6.42 Å². The number of fused-ring (bicyclic) bond motifs is 1. The lowest BCUT2D eigenvalue weighted by Gasteiger charge is -2.15. The van der Waals surface area contributed by atoms with Gasteiger partial charge in [0.2, 0.25) is 0 Å². The SMILES string of the molecule is Cc1ccccc1CC1(O)C2CCCC21. The fourth-order valence-corrected chi connectivity index (χ4v) is 3.42. The van der Waals surface area contributed by atoms with Crippen molar-refractivity contribution in [2.75, 3.05) is 0 Å². The van der Waals surface area contributed by atoms with Gasteiger partial charge in [-0.2, -0.15) is 0 Å². The van der Waals surface area contributed by atoms with Crippen LogP contribution in [0.15, 0.2) is 24.3 Å². The van der Waals surface area contributed by atoms with Gasteiger partial charge in [-0.05, 0) is 42.7 Å². The van der Waals surface area contributed by atoms with Gasteiger partial charge < -0.3 is 5.11 Å². The zero-order valence-electron chi connectivity index (χ0n) is 9.24. The first kappa shape index (κ1) is 9.41. The Morgan fingerprint density at radius 3 is 2.60 bits per heavy atom. The van der Waals surface area contributed by atoms with Crippen molar-refractivity contribution in [3.8, 4) is 0 Å². The topological polar surface area (TPSA) is 20.2 Å². The second-order valence-corrected chi connectivity index (χ2v) is 5.24. The van der Waals surface area contributed by atoms with Crippen LogP contribution in [0.1, 0.15) is 30.4 Å². The van der Waals surface area contributed by atoms with Gasteiger partial charge in [0.05, 0.1) is 5.60 Å². The maximum Gasteiger partial charge on any atom is 0.0751 e. The average molecular weight is 202 g/mol. The van der Waals surface area contributed by atoms with Crippen LogP contribution in [0.5, 0.6) is 0 Å². The normalized spacial score (nSPS) is 37.7. The highest BCUT2D eigenvalue weighted by Gasteiger charge is 2.64. The summed E-state index contributed by atoms with van der Waals surface area (Å²) in [5.74, 6) is 1.22. The van der Waals surface area contributed by atoms with Crippen LogP contribution < -0.4 is 0 Å². The fourth-order valence-electron chi connectivity index (χ4n) is 3.42. The number of hydrogen-bond acceptors (Lipinski definition) is 1. The lowest BCUT2D eigenvalue weighted by Crippen LogP contribution is -2.19. The number of hydrogen-bond donors (Lipinski definition) is 1. The van der Waals surface area contributed by atoms with Gasteiger partial charge in [0, 0.05) is 6.42 Å². The molecule has 0 radical (unpaired) electrons. The molecule has 2 aliphatic rings. The average Bonchev–Trinajstić information content (AvgIpc) is 2.67. The van der Waals surface area contributed by atoms with Crippen molar-refractivity contribution in [2.24, 2.45) is 11.8 Å². The molecular weight excluding hydrogens is 184 g/mol. The molecule has 0 heterocycles. The highest BCUT2D eigenvalue weighted by Crippen LogP contribution is 2.61. The Morgan fingerprint density at radius 1 is 1.27 bits per heavy atom. The molecule has 0 saturated heterocycles. The van der Waals surface area contributed by atoms with E-state index in [2.05, 4.69) is 31.2 Å². The van der Waals surface area contributed by atoms with E-state index in [1.165, 1.54) is 30.4 Å². The third-order valence-corrected chi connectivity index (χ3v) is 4.43. The second kappa shape index (κ2) is 3.08. The van der Waals surface area contributed by atoms with Crippen molar-refractivity contribution >= 4 is 0 Å². The molecule has 15 heavy (non-hydrogen) atoms. The second-order valence-electron chi connectivity index (χ2n) is 5.24. The third-order valence-electron chi connectivity index (χ3n) is 4.43. The van der Waals surface area contributed by atoms with Crippen LogP contribution in [0.4, 0.5) is 0 Å². The van der Waals surface area contributed by atoms with Crippen molar-refractivity contribution in [1.29, 1.82) is 0 Å². The van der Waals surface area contributed by atoms with Gasteiger partial charge in [-0.1, -0.05) is 30.7 Å². The molecule has 1 N–H and O–H groups in total. The van der Waals surface area contributed by atoms with Crippen LogP contribution >= 0.6 is 0 Å². The highest BCUT2D eigenvalue weighted by molar-refractivity contribution is 5.31. The predicted molar refractivity (Wildman–Crippen MR) is 60.7 cm³/mol. The molecule has 2 aliphatic carbocycles. The maximum atomic E-state index is 10.5. The number of benzene rings is 1. The van der Waals surface area contributed by atoms with Gasteiger partial charge >= 0.3 is 0 Å². The van der Waals surface area contributed by atoms with Gasteiger partial charge in [0.15, 0.2) is 0 Å². The van der Waals surface area contributed by atoms with E-state index in [1.807, 2.05) is 0 Å². The largest absolute Gasteiger partial charge is 0.389 e. The first-order valence-electron chi connectivity index (χ1n) is 5.99. The molecule has 0 spiro atoms.